The van der Waals surface area contributed by atoms with E-state index in [0.29, 0.717) is 17.1 Å². The molecule has 2 aromatic heterocycles. The summed E-state index contributed by atoms with van der Waals surface area (Å²) in [5, 5.41) is 2.72. The molecule has 0 bridgehead atoms. The molecule has 84 valence electrons. The van der Waals surface area contributed by atoms with Crippen molar-refractivity contribution in [3.05, 3.63) is 39.9 Å². The molecule has 5 heteroatoms. The van der Waals surface area contributed by atoms with E-state index in [2.05, 4.69) is 10.1 Å². The molecular formula is C11H13N3O2. The van der Waals surface area contributed by atoms with Crippen LogP contribution in [0, 0.1) is 13.8 Å². The van der Waals surface area contributed by atoms with Crippen molar-refractivity contribution in [2.45, 2.75) is 13.8 Å². The summed E-state index contributed by atoms with van der Waals surface area (Å²) in [5.74, 6) is 1.35. The second-order valence-corrected chi connectivity index (χ2v) is 3.54. The minimum absolute atomic E-state index is 0.0953. The maximum atomic E-state index is 11.5. The second kappa shape index (κ2) is 3.84. The summed E-state index contributed by atoms with van der Waals surface area (Å²) >= 11 is 0. The van der Waals surface area contributed by atoms with E-state index in [4.69, 9.17) is 4.74 Å². The van der Waals surface area contributed by atoms with Gasteiger partial charge in [-0.1, -0.05) is 0 Å². The van der Waals surface area contributed by atoms with Gasteiger partial charge in [0, 0.05) is 23.5 Å². The van der Waals surface area contributed by atoms with Gasteiger partial charge in [0.05, 0.1) is 7.11 Å². The first-order valence-corrected chi connectivity index (χ1v) is 4.92. The van der Waals surface area contributed by atoms with E-state index in [1.54, 1.807) is 37.0 Å². The van der Waals surface area contributed by atoms with Crippen LogP contribution in [0.3, 0.4) is 0 Å². The number of hydrogen-bond donors (Lipinski definition) is 1. The van der Waals surface area contributed by atoms with E-state index in [9.17, 15) is 4.79 Å². The Morgan fingerprint density at radius 2 is 2.19 bits per heavy atom. The van der Waals surface area contributed by atoms with E-state index in [1.165, 1.54) is 0 Å². The fraction of sp³-hybridized carbons (Fsp3) is 0.273. The topological polar surface area (TPSA) is 59.9 Å². The molecule has 0 aliphatic rings. The van der Waals surface area contributed by atoms with Crippen LogP contribution < -0.4 is 10.3 Å². The maximum absolute atomic E-state index is 11.5. The Morgan fingerprint density at radius 1 is 1.44 bits per heavy atom. The first-order chi connectivity index (χ1) is 7.63. The number of nitrogens with one attached hydrogen (secondary N) is 1. The van der Waals surface area contributed by atoms with Gasteiger partial charge in [-0.25, -0.2) is 9.67 Å². The fourth-order valence-electron chi connectivity index (χ4n) is 1.48. The summed E-state index contributed by atoms with van der Waals surface area (Å²) in [7, 11) is 1.59. The predicted molar refractivity (Wildman–Crippen MR) is 60.2 cm³/mol. The van der Waals surface area contributed by atoms with Crippen LogP contribution in [0.4, 0.5) is 0 Å². The summed E-state index contributed by atoms with van der Waals surface area (Å²) in [4.78, 5) is 15.6. The lowest BCUT2D eigenvalue weighted by atomic mass is 10.3. The molecule has 0 amide bonds. The number of H-pyrrole nitrogens is 1. The standard InChI is InChI=1S/C11H13N3O2/c1-7-8(2)14(13-11(7)15)10-6-9(16-3)4-5-12-10/h4-6H,1-3H3,(H,13,15). The number of aromatic amines is 1. The van der Waals surface area contributed by atoms with Gasteiger partial charge in [-0.2, -0.15) is 0 Å². The number of ether oxygens (including phenoxy) is 1. The zero-order valence-electron chi connectivity index (χ0n) is 9.44. The smallest absolute Gasteiger partial charge is 0.267 e. The molecule has 1 N–H and O–H groups in total. The summed E-state index contributed by atoms with van der Waals surface area (Å²) in [6, 6.07) is 3.52. The average Bonchev–Trinajstić information content (AvgIpc) is 2.57. The lowest BCUT2D eigenvalue weighted by Crippen LogP contribution is -2.06. The van der Waals surface area contributed by atoms with Gasteiger partial charge in [-0.3, -0.25) is 9.89 Å². The lowest BCUT2D eigenvalue weighted by Gasteiger charge is -2.06. The normalized spacial score (nSPS) is 10.4. The van der Waals surface area contributed by atoms with Crippen LogP contribution in [0.25, 0.3) is 5.82 Å². The molecule has 2 rings (SSSR count). The maximum Gasteiger partial charge on any atom is 0.267 e. The van der Waals surface area contributed by atoms with Crippen molar-refractivity contribution in [1.29, 1.82) is 0 Å². The highest BCUT2D eigenvalue weighted by Gasteiger charge is 2.09. The van der Waals surface area contributed by atoms with Crippen molar-refractivity contribution in [3.8, 4) is 11.6 Å². The Balaban J connectivity index is 2.58. The highest BCUT2D eigenvalue weighted by molar-refractivity contribution is 5.34. The van der Waals surface area contributed by atoms with Crippen molar-refractivity contribution >= 4 is 0 Å². The third-order valence-electron chi connectivity index (χ3n) is 2.61. The largest absolute Gasteiger partial charge is 0.497 e. The van der Waals surface area contributed by atoms with Gasteiger partial charge in [0.2, 0.25) is 0 Å². The lowest BCUT2D eigenvalue weighted by molar-refractivity contribution is 0.413. The molecule has 0 unspecified atom stereocenters. The number of hydrogen-bond acceptors (Lipinski definition) is 3. The number of pyridine rings is 1. The molecule has 0 spiro atoms. The fourth-order valence-corrected chi connectivity index (χ4v) is 1.48. The molecule has 2 heterocycles. The quantitative estimate of drug-likeness (QED) is 0.825. The summed E-state index contributed by atoms with van der Waals surface area (Å²) in [6.07, 6.45) is 1.64. The third-order valence-corrected chi connectivity index (χ3v) is 2.61. The van der Waals surface area contributed by atoms with Gasteiger partial charge in [0.1, 0.15) is 5.75 Å². The van der Waals surface area contributed by atoms with Crippen LogP contribution in [0.1, 0.15) is 11.3 Å². The SMILES string of the molecule is COc1ccnc(-n2[nH]c(=O)c(C)c2C)c1. The average molecular weight is 219 g/mol. The van der Waals surface area contributed by atoms with Crippen molar-refractivity contribution in [2.24, 2.45) is 0 Å². The Bertz CT molecular complexity index is 569. The van der Waals surface area contributed by atoms with Crippen LogP contribution in [0.15, 0.2) is 23.1 Å². The highest BCUT2D eigenvalue weighted by atomic mass is 16.5. The van der Waals surface area contributed by atoms with Crippen LogP contribution in [-0.2, 0) is 0 Å². The summed E-state index contributed by atoms with van der Waals surface area (Å²) in [5.41, 5.74) is 1.46. The molecule has 0 aromatic carbocycles. The van der Waals surface area contributed by atoms with E-state index >= 15 is 0 Å². The van der Waals surface area contributed by atoms with Gasteiger partial charge in [0.25, 0.3) is 5.56 Å². The Kier molecular flexibility index (Phi) is 2.52. The van der Waals surface area contributed by atoms with E-state index < -0.39 is 0 Å². The zero-order chi connectivity index (χ0) is 11.7. The number of rotatable bonds is 2. The molecule has 0 fully saturated rings. The second-order valence-electron chi connectivity index (χ2n) is 3.54. The van der Waals surface area contributed by atoms with Gasteiger partial charge < -0.3 is 4.74 Å². The molecule has 16 heavy (non-hydrogen) atoms. The summed E-state index contributed by atoms with van der Waals surface area (Å²) in [6.45, 7) is 3.65. The number of nitrogens with zero attached hydrogens (tertiary/aromatic N) is 2. The van der Waals surface area contributed by atoms with Crippen LogP contribution in [0.2, 0.25) is 0 Å². The number of methoxy groups -OCH3 is 1. The van der Waals surface area contributed by atoms with Crippen molar-refractivity contribution < 1.29 is 4.74 Å². The molecule has 0 aliphatic heterocycles. The van der Waals surface area contributed by atoms with E-state index in [1.807, 2.05) is 6.92 Å². The third kappa shape index (κ3) is 1.60. The molecule has 5 nitrogen and oxygen atoms in total. The minimum Gasteiger partial charge on any atom is -0.497 e. The molecular weight excluding hydrogens is 206 g/mol. The summed E-state index contributed by atoms with van der Waals surface area (Å²) < 4.78 is 6.76. The van der Waals surface area contributed by atoms with Crippen LogP contribution in [-0.4, -0.2) is 21.9 Å². The van der Waals surface area contributed by atoms with Gasteiger partial charge in [-0.05, 0) is 19.9 Å². The highest BCUT2D eigenvalue weighted by Crippen LogP contribution is 2.14. The zero-order valence-corrected chi connectivity index (χ0v) is 9.44. The Hall–Kier alpha value is -2.04. The predicted octanol–water partition coefficient (Wildman–Crippen LogP) is 1.19. The van der Waals surface area contributed by atoms with Crippen molar-refractivity contribution in [2.75, 3.05) is 7.11 Å². The van der Waals surface area contributed by atoms with Crippen molar-refractivity contribution in [1.82, 2.24) is 14.8 Å². The molecule has 0 aliphatic carbocycles. The monoisotopic (exact) mass is 219 g/mol. The molecule has 0 atom stereocenters. The molecule has 0 radical (unpaired) electrons. The molecule has 0 saturated carbocycles. The van der Waals surface area contributed by atoms with Gasteiger partial charge in [-0.15, -0.1) is 0 Å². The van der Waals surface area contributed by atoms with Gasteiger partial charge >= 0.3 is 0 Å². The Morgan fingerprint density at radius 3 is 2.75 bits per heavy atom. The minimum atomic E-state index is -0.0953. The number of aromatic nitrogens is 3. The van der Waals surface area contributed by atoms with E-state index in [0.717, 1.165) is 5.69 Å². The first kappa shape index (κ1) is 10.5. The van der Waals surface area contributed by atoms with Crippen LogP contribution >= 0.6 is 0 Å². The molecule has 2 aromatic rings. The van der Waals surface area contributed by atoms with Crippen LogP contribution in [0.5, 0.6) is 5.75 Å². The van der Waals surface area contributed by atoms with Crippen molar-refractivity contribution in [3.63, 3.8) is 0 Å². The molecule has 0 saturated heterocycles. The van der Waals surface area contributed by atoms with E-state index in [-0.39, 0.29) is 5.56 Å². The first-order valence-electron chi connectivity index (χ1n) is 4.92. The van der Waals surface area contributed by atoms with Gasteiger partial charge in [0.15, 0.2) is 5.82 Å². The Labute approximate surface area is 92.7 Å².